The lowest BCUT2D eigenvalue weighted by atomic mass is 10.0. The van der Waals surface area contributed by atoms with Gasteiger partial charge < -0.3 is 20.1 Å². The van der Waals surface area contributed by atoms with Crippen molar-refractivity contribution in [3.63, 3.8) is 0 Å². The molecule has 2 saturated heterocycles. The second kappa shape index (κ2) is 14.5. The summed E-state index contributed by atoms with van der Waals surface area (Å²) < 4.78 is 11.1. The van der Waals surface area contributed by atoms with Gasteiger partial charge in [-0.05, 0) is 43.4 Å². The highest BCUT2D eigenvalue weighted by molar-refractivity contribution is 14.0. The average molecular weight is 551 g/mol. The van der Waals surface area contributed by atoms with E-state index in [2.05, 4.69) is 32.7 Å². The van der Waals surface area contributed by atoms with Crippen molar-refractivity contribution < 1.29 is 9.47 Å². The molecular formula is C22H36ClIN4O2. The molecule has 1 atom stereocenters. The molecule has 0 radical (unpaired) electrons. The monoisotopic (exact) mass is 550 g/mol. The quantitative estimate of drug-likeness (QED) is 0.213. The number of nitrogens with zero attached hydrogens (tertiary/aromatic N) is 2. The third kappa shape index (κ3) is 9.26. The van der Waals surface area contributed by atoms with E-state index in [0.29, 0.717) is 12.0 Å². The molecule has 0 bridgehead atoms. The van der Waals surface area contributed by atoms with Gasteiger partial charge in [0.05, 0.1) is 13.2 Å². The molecule has 0 aliphatic carbocycles. The van der Waals surface area contributed by atoms with E-state index in [0.717, 1.165) is 89.3 Å². The standard InChI is InChI=1S/C22H35ClN4O2.HI/c1-24-22(25-10-2-13-28-16-19-9-14-29-17-19)26-21-7-11-27(12-8-21)15-18-3-5-20(23)6-4-18;/h3-6,19,21H,2,7-17H2,1H3,(H2,24,25,26);1H. The molecule has 1 unspecified atom stereocenters. The summed E-state index contributed by atoms with van der Waals surface area (Å²) in [4.78, 5) is 6.87. The lowest BCUT2D eigenvalue weighted by molar-refractivity contribution is 0.0888. The molecule has 2 N–H and O–H groups in total. The summed E-state index contributed by atoms with van der Waals surface area (Å²) in [6.07, 6.45) is 4.36. The lowest BCUT2D eigenvalue weighted by Gasteiger charge is -2.33. The fraction of sp³-hybridized carbons (Fsp3) is 0.682. The number of hydrogen-bond acceptors (Lipinski definition) is 4. The van der Waals surface area contributed by atoms with Crippen molar-refractivity contribution in [2.45, 2.75) is 38.3 Å². The van der Waals surface area contributed by atoms with Gasteiger partial charge in [0.15, 0.2) is 5.96 Å². The first-order chi connectivity index (χ1) is 14.2. The fourth-order valence-corrected chi connectivity index (χ4v) is 3.94. The van der Waals surface area contributed by atoms with Crippen LogP contribution in [0, 0.1) is 5.92 Å². The fourth-order valence-electron chi connectivity index (χ4n) is 3.82. The van der Waals surface area contributed by atoms with E-state index in [9.17, 15) is 0 Å². The zero-order valence-electron chi connectivity index (χ0n) is 17.9. The first kappa shape index (κ1) is 25.6. The van der Waals surface area contributed by atoms with Gasteiger partial charge in [0.1, 0.15) is 0 Å². The van der Waals surface area contributed by atoms with Gasteiger partial charge in [0, 0.05) is 63.4 Å². The maximum atomic E-state index is 5.97. The van der Waals surface area contributed by atoms with Crippen LogP contribution in [0.15, 0.2) is 29.3 Å². The minimum atomic E-state index is 0. The number of aliphatic imine (C=N–C) groups is 1. The second-order valence-electron chi connectivity index (χ2n) is 7.98. The third-order valence-corrected chi connectivity index (χ3v) is 5.86. The van der Waals surface area contributed by atoms with Gasteiger partial charge in [-0.3, -0.25) is 9.89 Å². The van der Waals surface area contributed by atoms with Crippen molar-refractivity contribution in [2.75, 3.05) is 53.1 Å². The number of rotatable bonds is 9. The highest BCUT2D eigenvalue weighted by atomic mass is 127. The molecule has 6 nitrogen and oxygen atoms in total. The molecule has 1 aromatic rings. The second-order valence-corrected chi connectivity index (χ2v) is 8.41. The highest BCUT2D eigenvalue weighted by Crippen LogP contribution is 2.16. The Hall–Kier alpha value is -0.610. The van der Waals surface area contributed by atoms with Gasteiger partial charge in [0.2, 0.25) is 0 Å². The molecule has 8 heteroatoms. The number of benzene rings is 1. The largest absolute Gasteiger partial charge is 0.381 e. The number of nitrogens with one attached hydrogen (secondary N) is 2. The average Bonchev–Trinajstić information content (AvgIpc) is 3.26. The lowest BCUT2D eigenvalue weighted by Crippen LogP contribution is -2.48. The number of ether oxygens (including phenoxy) is 2. The van der Waals surface area contributed by atoms with Crippen LogP contribution in [0.2, 0.25) is 5.02 Å². The summed E-state index contributed by atoms with van der Waals surface area (Å²) in [5.74, 6) is 1.48. The molecule has 2 aliphatic rings. The van der Waals surface area contributed by atoms with Crippen LogP contribution in [-0.2, 0) is 16.0 Å². The minimum Gasteiger partial charge on any atom is -0.381 e. The number of halogens is 2. The van der Waals surface area contributed by atoms with Crippen LogP contribution in [0.3, 0.4) is 0 Å². The van der Waals surface area contributed by atoms with Crippen molar-refractivity contribution in [1.82, 2.24) is 15.5 Å². The molecule has 30 heavy (non-hydrogen) atoms. The Balaban J connectivity index is 0.00000320. The number of hydrogen-bond donors (Lipinski definition) is 2. The summed E-state index contributed by atoms with van der Waals surface area (Å²) in [7, 11) is 1.83. The van der Waals surface area contributed by atoms with Gasteiger partial charge in [-0.1, -0.05) is 23.7 Å². The van der Waals surface area contributed by atoms with Crippen LogP contribution in [0.4, 0.5) is 0 Å². The Morgan fingerprint density at radius 2 is 2.00 bits per heavy atom. The first-order valence-corrected chi connectivity index (χ1v) is 11.2. The Labute approximate surface area is 203 Å². The van der Waals surface area contributed by atoms with Crippen molar-refractivity contribution in [1.29, 1.82) is 0 Å². The Bertz CT molecular complexity index is 618. The summed E-state index contributed by atoms with van der Waals surface area (Å²) in [5.41, 5.74) is 1.32. The third-order valence-electron chi connectivity index (χ3n) is 5.61. The van der Waals surface area contributed by atoms with Gasteiger partial charge in [-0.2, -0.15) is 0 Å². The van der Waals surface area contributed by atoms with Crippen LogP contribution in [0.1, 0.15) is 31.2 Å². The van der Waals surface area contributed by atoms with Gasteiger partial charge in [-0.25, -0.2) is 0 Å². The van der Waals surface area contributed by atoms with E-state index in [1.165, 1.54) is 5.56 Å². The van der Waals surface area contributed by atoms with Gasteiger partial charge >= 0.3 is 0 Å². The van der Waals surface area contributed by atoms with E-state index in [-0.39, 0.29) is 24.0 Å². The van der Waals surface area contributed by atoms with E-state index >= 15 is 0 Å². The van der Waals surface area contributed by atoms with Crippen LogP contribution in [0.25, 0.3) is 0 Å². The molecule has 0 saturated carbocycles. The highest BCUT2D eigenvalue weighted by Gasteiger charge is 2.20. The minimum absolute atomic E-state index is 0. The maximum absolute atomic E-state index is 5.97. The predicted molar refractivity (Wildman–Crippen MR) is 134 cm³/mol. The smallest absolute Gasteiger partial charge is 0.191 e. The van der Waals surface area contributed by atoms with Crippen LogP contribution < -0.4 is 10.6 Å². The Kier molecular flexibility index (Phi) is 12.4. The Morgan fingerprint density at radius 1 is 1.23 bits per heavy atom. The van der Waals surface area contributed by atoms with Crippen LogP contribution in [-0.4, -0.2) is 70.0 Å². The zero-order valence-corrected chi connectivity index (χ0v) is 21.0. The van der Waals surface area contributed by atoms with Crippen molar-refractivity contribution in [2.24, 2.45) is 10.9 Å². The molecule has 2 fully saturated rings. The van der Waals surface area contributed by atoms with E-state index < -0.39 is 0 Å². The molecule has 1 aromatic carbocycles. The zero-order chi connectivity index (χ0) is 20.3. The molecule has 0 spiro atoms. The molecule has 0 amide bonds. The topological polar surface area (TPSA) is 58.1 Å². The summed E-state index contributed by atoms with van der Waals surface area (Å²) in [6, 6.07) is 8.64. The summed E-state index contributed by atoms with van der Waals surface area (Å²) >= 11 is 5.97. The molecule has 2 aliphatic heterocycles. The van der Waals surface area contributed by atoms with Crippen molar-refractivity contribution >= 4 is 41.5 Å². The molecule has 170 valence electrons. The van der Waals surface area contributed by atoms with Crippen molar-refractivity contribution in [3.8, 4) is 0 Å². The number of piperidine rings is 1. The van der Waals surface area contributed by atoms with Gasteiger partial charge in [0.25, 0.3) is 0 Å². The van der Waals surface area contributed by atoms with Crippen LogP contribution >= 0.6 is 35.6 Å². The molecular weight excluding hydrogens is 515 g/mol. The van der Waals surface area contributed by atoms with Crippen molar-refractivity contribution in [3.05, 3.63) is 34.9 Å². The molecule has 0 aromatic heterocycles. The van der Waals surface area contributed by atoms with E-state index in [1.54, 1.807) is 0 Å². The first-order valence-electron chi connectivity index (χ1n) is 10.8. The Morgan fingerprint density at radius 3 is 2.67 bits per heavy atom. The number of guanidine groups is 1. The SMILES string of the molecule is CN=C(NCCCOCC1CCOC1)NC1CCN(Cc2ccc(Cl)cc2)CC1.I. The predicted octanol–water partition coefficient (Wildman–Crippen LogP) is 3.53. The normalized spacial score (nSPS) is 20.7. The van der Waals surface area contributed by atoms with Gasteiger partial charge in [-0.15, -0.1) is 24.0 Å². The van der Waals surface area contributed by atoms with E-state index in [1.807, 2.05) is 19.2 Å². The number of likely N-dealkylation sites (tertiary alicyclic amines) is 1. The maximum Gasteiger partial charge on any atom is 0.191 e. The molecule has 3 rings (SSSR count). The van der Waals surface area contributed by atoms with E-state index in [4.69, 9.17) is 21.1 Å². The molecule has 2 heterocycles. The van der Waals surface area contributed by atoms with Crippen LogP contribution in [0.5, 0.6) is 0 Å². The summed E-state index contributed by atoms with van der Waals surface area (Å²) in [5, 5.41) is 7.78. The summed E-state index contributed by atoms with van der Waals surface area (Å²) in [6.45, 7) is 7.39.